The number of aliphatic hydroxyl groups excluding tert-OH is 1. The molecule has 43 heavy (non-hydrogen) atoms. The van der Waals surface area contributed by atoms with Gasteiger partial charge in [0.25, 0.3) is 0 Å². The number of aromatic nitrogens is 1. The van der Waals surface area contributed by atoms with E-state index in [2.05, 4.69) is 77.0 Å². The van der Waals surface area contributed by atoms with Crippen molar-refractivity contribution in [2.45, 2.75) is 45.1 Å². The summed E-state index contributed by atoms with van der Waals surface area (Å²) in [6, 6.07) is 29.0. The number of nitrogens with zero attached hydrogens (tertiary/aromatic N) is 2. The number of hydrogen-bond donors (Lipinski definition) is 2. The molecule has 0 saturated carbocycles. The molecule has 1 aliphatic rings. The minimum Gasteiger partial charge on any atom is -0.488 e. The van der Waals surface area contributed by atoms with Crippen molar-refractivity contribution in [1.82, 2.24) is 10.3 Å². The number of ether oxygens (including phenoxy) is 2. The molecule has 2 N–H and O–H groups in total. The molecule has 2 atom stereocenters. The van der Waals surface area contributed by atoms with Gasteiger partial charge in [-0.05, 0) is 71.0 Å². The van der Waals surface area contributed by atoms with Gasteiger partial charge < -0.3 is 19.9 Å². The maximum Gasteiger partial charge on any atom is 0.142 e. The van der Waals surface area contributed by atoms with E-state index in [4.69, 9.17) is 21.1 Å². The number of hydrogen-bond acceptors (Lipinski definition) is 6. The lowest BCUT2D eigenvalue weighted by molar-refractivity contribution is 0.205. The Kier molecular flexibility index (Phi) is 8.57. The van der Waals surface area contributed by atoms with Crippen LogP contribution in [0.5, 0.6) is 11.5 Å². The molecule has 1 aromatic heterocycles. The SMILES string of the molecule is C[C@H](CO)NCc1cc(Cl)c(O[C@H]2CCc3c(-c4ccc5ccccc5c4)cccc32)cc1OCc1cncc(C#N)c1. The lowest BCUT2D eigenvalue weighted by Gasteiger charge is -2.20. The number of pyridine rings is 1. The van der Waals surface area contributed by atoms with E-state index in [-0.39, 0.29) is 25.4 Å². The Bertz CT molecular complexity index is 1820. The van der Waals surface area contributed by atoms with Gasteiger partial charge in [-0.2, -0.15) is 5.26 Å². The predicted molar refractivity (Wildman–Crippen MR) is 169 cm³/mol. The van der Waals surface area contributed by atoms with Crippen LogP contribution in [0, 0.1) is 11.3 Å². The first-order valence-corrected chi connectivity index (χ1v) is 14.8. The van der Waals surface area contributed by atoms with Gasteiger partial charge in [-0.25, -0.2) is 0 Å². The fourth-order valence-electron chi connectivity index (χ4n) is 5.60. The molecule has 7 heteroatoms. The summed E-state index contributed by atoms with van der Waals surface area (Å²) in [6.45, 7) is 2.60. The highest BCUT2D eigenvalue weighted by atomic mass is 35.5. The molecule has 0 aliphatic heterocycles. The zero-order chi connectivity index (χ0) is 29.8. The Morgan fingerprint density at radius 1 is 1.02 bits per heavy atom. The van der Waals surface area contributed by atoms with E-state index in [0.29, 0.717) is 28.6 Å². The van der Waals surface area contributed by atoms with Gasteiger partial charge in [0.05, 0.1) is 17.2 Å². The first kappa shape index (κ1) is 28.7. The average Bonchev–Trinajstić information content (AvgIpc) is 3.46. The van der Waals surface area contributed by atoms with Crippen LogP contribution in [0.2, 0.25) is 5.02 Å². The summed E-state index contributed by atoms with van der Waals surface area (Å²) in [5.74, 6) is 1.16. The molecule has 6 rings (SSSR count). The van der Waals surface area contributed by atoms with Gasteiger partial charge in [-0.15, -0.1) is 0 Å². The van der Waals surface area contributed by atoms with Crippen LogP contribution in [0.4, 0.5) is 0 Å². The van der Waals surface area contributed by atoms with E-state index in [0.717, 1.165) is 24.0 Å². The number of halogens is 1. The van der Waals surface area contributed by atoms with Crippen LogP contribution >= 0.6 is 11.6 Å². The Labute approximate surface area is 256 Å². The predicted octanol–water partition coefficient (Wildman–Crippen LogP) is 7.54. The van der Waals surface area contributed by atoms with Crippen molar-refractivity contribution in [3.8, 4) is 28.7 Å². The van der Waals surface area contributed by atoms with Gasteiger partial charge in [0.2, 0.25) is 0 Å². The van der Waals surface area contributed by atoms with E-state index in [1.165, 1.54) is 39.2 Å². The summed E-state index contributed by atoms with van der Waals surface area (Å²) < 4.78 is 12.8. The number of aliphatic hydroxyl groups is 1. The van der Waals surface area contributed by atoms with Gasteiger partial charge in [-0.3, -0.25) is 4.98 Å². The van der Waals surface area contributed by atoms with Crippen molar-refractivity contribution in [2.75, 3.05) is 6.61 Å². The third kappa shape index (κ3) is 6.35. The summed E-state index contributed by atoms with van der Waals surface area (Å²) in [7, 11) is 0. The van der Waals surface area contributed by atoms with Crippen LogP contribution in [0.1, 0.15) is 47.3 Å². The maximum atomic E-state index is 9.49. The quantitative estimate of drug-likeness (QED) is 0.175. The largest absolute Gasteiger partial charge is 0.488 e. The molecule has 1 heterocycles. The molecule has 0 bridgehead atoms. The summed E-state index contributed by atoms with van der Waals surface area (Å²) >= 11 is 6.79. The Morgan fingerprint density at radius 3 is 2.72 bits per heavy atom. The van der Waals surface area contributed by atoms with Crippen LogP contribution in [-0.2, 0) is 19.6 Å². The molecule has 0 fully saturated rings. The van der Waals surface area contributed by atoms with E-state index in [9.17, 15) is 10.4 Å². The number of nitriles is 1. The standard InChI is InChI=1S/C36H32ClN3O3/c1-23(21-41)40-20-29-15-33(37)36(16-35(29)42-22-25-13-24(17-38)18-39-19-25)43-34-12-11-31-30(7-4-8-32(31)34)28-10-9-26-5-2-3-6-27(26)14-28/h2-10,13-16,18-19,23,34,40-41H,11-12,20-22H2,1H3/t23-,34+/m1/s1. The van der Waals surface area contributed by atoms with E-state index >= 15 is 0 Å². The first-order valence-electron chi connectivity index (χ1n) is 14.4. The third-order valence-corrected chi connectivity index (χ3v) is 8.19. The van der Waals surface area contributed by atoms with E-state index in [1.54, 1.807) is 12.3 Å². The molecule has 4 aromatic carbocycles. The lowest BCUT2D eigenvalue weighted by atomic mass is 9.95. The minimum absolute atomic E-state index is 0.0139. The minimum atomic E-state index is -0.143. The molecule has 0 spiro atoms. The zero-order valence-electron chi connectivity index (χ0n) is 23.9. The Morgan fingerprint density at radius 2 is 1.88 bits per heavy atom. The van der Waals surface area contributed by atoms with Gasteiger partial charge in [0.15, 0.2) is 0 Å². The highest BCUT2D eigenvalue weighted by Crippen LogP contribution is 2.43. The van der Waals surface area contributed by atoms with Crippen molar-refractivity contribution >= 4 is 22.4 Å². The second-order valence-corrected chi connectivity index (χ2v) is 11.3. The monoisotopic (exact) mass is 589 g/mol. The van der Waals surface area contributed by atoms with Crippen LogP contribution in [0.25, 0.3) is 21.9 Å². The molecule has 0 radical (unpaired) electrons. The number of rotatable bonds is 10. The average molecular weight is 590 g/mol. The highest BCUT2D eigenvalue weighted by molar-refractivity contribution is 6.32. The lowest BCUT2D eigenvalue weighted by Crippen LogP contribution is -2.28. The topological polar surface area (TPSA) is 87.4 Å². The maximum absolute atomic E-state index is 9.49. The normalized spacial score (nSPS) is 14.7. The van der Waals surface area contributed by atoms with E-state index in [1.807, 2.05) is 19.1 Å². The molecule has 216 valence electrons. The van der Waals surface area contributed by atoms with Gasteiger partial charge >= 0.3 is 0 Å². The summed E-state index contributed by atoms with van der Waals surface area (Å²) in [4.78, 5) is 4.14. The highest BCUT2D eigenvalue weighted by Gasteiger charge is 2.28. The van der Waals surface area contributed by atoms with E-state index < -0.39 is 0 Å². The summed E-state index contributed by atoms with van der Waals surface area (Å²) in [5.41, 5.74) is 7.01. The molecule has 1 aliphatic carbocycles. The Hall–Kier alpha value is -4.41. The molecule has 0 saturated heterocycles. The molecule has 6 nitrogen and oxygen atoms in total. The smallest absolute Gasteiger partial charge is 0.142 e. The van der Waals surface area contributed by atoms with Crippen LogP contribution in [0.15, 0.2) is 91.3 Å². The van der Waals surface area contributed by atoms with Gasteiger partial charge in [-0.1, -0.05) is 66.2 Å². The summed E-state index contributed by atoms with van der Waals surface area (Å²) in [6.07, 6.45) is 4.82. The number of fused-ring (bicyclic) bond motifs is 2. The number of nitrogens with one attached hydrogen (secondary N) is 1. The van der Waals surface area contributed by atoms with Crippen molar-refractivity contribution in [1.29, 1.82) is 5.26 Å². The van der Waals surface area contributed by atoms with Crippen LogP contribution < -0.4 is 14.8 Å². The van der Waals surface area contributed by atoms with Crippen molar-refractivity contribution in [3.05, 3.63) is 124 Å². The molecule has 0 unspecified atom stereocenters. The van der Waals surface area contributed by atoms with Crippen LogP contribution in [0.3, 0.4) is 0 Å². The van der Waals surface area contributed by atoms with Crippen LogP contribution in [-0.4, -0.2) is 22.7 Å². The van der Waals surface area contributed by atoms with Crippen molar-refractivity contribution < 1.29 is 14.6 Å². The number of benzene rings is 4. The van der Waals surface area contributed by atoms with Crippen molar-refractivity contribution in [3.63, 3.8) is 0 Å². The molecular weight excluding hydrogens is 558 g/mol. The molecule has 5 aromatic rings. The third-order valence-electron chi connectivity index (χ3n) is 7.89. The van der Waals surface area contributed by atoms with Crippen molar-refractivity contribution in [2.24, 2.45) is 0 Å². The summed E-state index contributed by atoms with van der Waals surface area (Å²) in [5, 5.41) is 25.0. The molecular formula is C36H32ClN3O3. The second-order valence-electron chi connectivity index (χ2n) is 10.9. The zero-order valence-corrected chi connectivity index (χ0v) is 24.6. The molecule has 0 amide bonds. The van der Waals surface area contributed by atoms with Gasteiger partial charge in [0.1, 0.15) is 30.3 Å². The first-order chi connectivity index (χ1) is 21.0. The Balaban J connectivity index is 1.27. The fraction of sp³-hybridized carbons (Fsp3) is 0.222. The van der Waals surface area contributed by atoms with Gasteiger partial charge in [0, 0.05) is 42.2 Å². The second kappa shape index (κ2) is 12.8. The fourth-order valence-corrected chi connectivity index (χ4v) is 5.83.